The standard InChI is InChI=1S/C17H20N6S/c1-11-16(24-10-20-11)9-23-7-3-4-15(23)13-8-14(22-12(2)21-13)17-18-5-6-19-17/h5-6,8,10,15H,3-4,7,9H2,1-2H3,(H,18,19)/t15-/m1/s1. The fraction of sp³-hybridized carbons (Fsp3) is 0.412. The third-order valence-electron chi connectivity index (χ3n) is 4.50. The molecule has 3 aromatic rings. The van der Waals surface area contributed by atoms with Crippen molar-refractivity contribution >= 4 is 11.3 Å². The van der Waals surface area contributed by atoms with E-state index in [9.17, 15) is 0 Å². The molecule has 1 saturated heterocycles. The van der Waals surface area contributed by atoms with Gasteiger partial charge >= 0.3 is 0 Å². The first-order valence-electron chi connectivity index (χ1n) is 8.19. The Kier molecular flexibility index (Phi) is 4.12. The minimum absolute atomic E-state index is 0.335. The third-order valence-corrected chi connectivity index (χ3v) is 5.42. The molecule has 0 aromatic carbocycles. The summed E-state index contributed by atoms with van der Waals surface area (Å²) in [6.07, 6.45) is 5.90. The Labute approximate surface area is 145 Å². The van der Waals surface area contributed by atoms with Crippen LogP contribution in [0.4, 0.5) is 0 Å². The molecule has 0 saturated carbocycles. The summed E-state index contributed by atoms with van der Waals surface area (Å²) < 4.78 is 0. The Hall–Kier alpha value is -2.12. The van der Waals surface area contributed by atoms with Gasteiger partial charge in [-0.1, -0.05) is 0 Å². The van der Waals surface area contributed by atoms with Crippen LogP contribution in [0.25, 0.3) is 11.5 Å². The molecule has 1 aliphatic heterocycles. The first kappa shape index (κ1) is 15.4. The van der Waals surface area contributed by atoms with Gasteiger partial charge in [-0.3, -0.25) is 4.90 Å². The molecule has 0 spiro atoms. The second-order valence-electron chi connectivity index (χ2n) is 6.15. The minimum atomic E-state index is 0.335. The highest BCUT2D eigenvalue weighted by molar-refractivity contribution is 7.09. The second-order valence-corrected chi connectivity index (χ2v) is 7.09. The topological polar surface area (TPSA) is 70.6 Å². The van der Waals surface area contributed by atoms with Crippen LogP contribution in [0.1, 0.15) is 41.0 Å². The average molecular weight is 340 g/mol. The average Bonchev–Trinajstić information content (AvgIpc) is 3.30. The number of imidazole rings is 1. The van der Waals surface area contributed by atoms with E-state index in [2.05, 4.69) is 37.8 Å². The molecule has 124 valence electrons. The monoisotopic (exact) mass is 340 g/mol. The van der Waals surface area contributed by atoms with Crippen molar-refractivity contribution in [2.75, 3.05) is 6.54 Å². The highest BCUT2D eigenvalue weighted by Crippen LogP contribution is 2.34. The zero-order valence-electron chi connectivity index (χ0n) is 13.9. The number of aromatic amines is 1. The number of hydrogen-bond donors (Lipinski definition) is 1. The lowest BCUT2D eigenvalue weighted by Crippen LogP contribution is -2.23. The van der Waals surface area contributed by atoms with E-state index in [1.165, 1.54) is 11.3 Å². The molecule has 0 aliphatic carbocycles. The lowest BCUT2D eigenvalue weighted by Gasteiger charge is -2.24. The van der Waals surface area contributed by atoms with E-state index < -0.39 is 0 Å². The van der Waals surface area contributed by atoms with Crippen LogP contribution in [-0.4, -0.2) is 36.4 Å². The van der Waals surface area contributed by atoms with Crippen LogP contribution in [0.5, 0.6) is 0 Å². The summed E-state index contributed by atoms with van der Waals surface area (Å²) in [6, 6.07) is 2.41. The molecule has 7 heteroatoms. The van der Waals surface area contributed by atoms with E-state index in [1.54, 1.807) is 17.5 Å². The van der Waals surface area contributed by atoms with Crippen LogP contribution in [0.2, 0.25) is 0 Å². The molecule has 4 rings (SSSR count). The van der Waals surface area contributed by atoms with Crippen LogP contribution < -0.4 is 0 Å². The fourth-order valence-corrected chi connectivity index (χ4v) is 4.10. The second kappa shape index (κ2) is 6.41. The normalized spacial score (nSPS) is 18.3. The predicted octanol–water partition coefficient (Wildman–Crippen LogP) is 3.28. The van der Waals surface area contributed by atoms with Crippen LogP contribution in [0.15, 0.2) is 24.0 Å². The highest BCUT2D eigenvalue weighted by Gasteiger charge is 2.28. The van der Waals surface area contributed by atoms with Crippen molar-refractivity contribution < 1.29 is 0 Å². The van der Waals surface area contributed by atoms with Gasteiger partial charge in [0.25, 0.3) is 0 Å². The Morgan fingerprint density at radius 2 is 2.21 bits per heavy atom. The van der Waals surface area contributed by atoms with Gasteiger partial charge in [0.15, 0.2) is 5.82 Å². The minimum Gasteiger partial charge on any atom is -0.343 e. The molecule has 1 N–H and O–H groups in total. The van der Waals surface area contributed by atoms with Crippen molar-refractivity contribution in [3.8, 4) is 11.5 Å². The number of aryl methyl sites for hydroxylation is 2. The summed E-state index contributed by atoms with van der Waals surface area (Å²) in [4.78, 5) is 24.9. The number of nitrogens with zero attached hydrogens (tertiary/aromatic N) is 5. The number of rotatable bonds is 4. The number of nitrogens with one attached hydrogen (secondary N) is 1. The van der Waals surface area contributed by atoms with Gasteiger partial charge in [-0.15, -0.1) is 11.3 Å². The van der Waals surface area contributed by atoms with Crippen molar-refractivity contribution in [2.45, 2.75) is 39.3 Å². The van der Waals surface area contributed by atoms with Crippen molar-refractivity contribution in [3.63, 3.8) is 0 Å². The Morgan fingerprint density at radius 3 is 2.96 bits per heavy atom. The van der Waals surface area contributed by atoms with E-state index in [0.717, 1.165) is 48.2 Å². The highest BCUT2D eigenvalue weighted by atomic mass is 32.1. The number of hydrogen-bond acceptors (Lipinski definition) is 6. The van der Waals surface area contributed by atoms with E-state index in [0.29, 0.717) is 6.04 Å². The molecule has 3 aromatic heterocycles. The van der Waals surface area contributed by atoms with E-state index in [4.69, 9.17) is 4.98 Å². The molecule has 24 heavy (non-hydrogen) atoms. The van der Waals surface area contributed by atoms with E-state index >= 15 is 0 Å². The van der Waals surface area contributed by atoms with Crippen LogP contribution >= 0.6 is 11.3 Å². The first-order valence-corrected chi connectivity index (χ1v) is 9.07. The number of aromatic nitrogens is 5. The molecule has 0 unspecified atom stereocenters. The summed E-state index contributed by atoms with van der Waals surface area (Å²) in [5.74, 6) is 1.59. The summed E-state index contributed by atoms with van der Waals surface area (Å²) in [6.45, 7) is 6.07. The lowest BCUT2D eigenvalue weighted by molar-refractivity contribution is 0.245. The summed E-state index contributed by atoms with van der Waals surface area (Å²) in [5, 5.41) is 0. The smallest absolute Gasteiger partial charge is 0.156 e. The fourth-order valence-electron chi connectivity index (χ4n) is 3.30. The van der Waals surface area contributed by atoms with Gasteiger partial charge in [0.05, 0.1) is 22.9 Å². The van der Waals surface area contributed by atoms with Gasteiger partial charge in [-0.25, -0.2) is 19.9 Å². The van der Waals surface area contributed by atoms with Gasteiger partial charge in [0.1, 0.15) is 11.5 Å². The maximum Gasteiger partial charge on any atom is 0.156 e. The molecule has 1 aliphatic rings. The van der Waals surface area contributed by atoms with Crippen LogP contribution in [0, 0.1) is 13.8 Å². The summed E-state index contributed by atoms with van der Waals surface area (Å²) >= 11 is 1.74. The third kappa shape index (κ3) is 2.97. The zero-order valence-corrected chi connectivity index (χ0v) is 14.7. The SMILES string of the molecule is Cc1nc(-c2ncc[nH]2)cc([C@H]2CCCN2Cc2scnc2C)n1. The maximum atomic E-state index is 4.72. The zero-order chi connectivity index (χ0) is 16.5. The summed E-state index contributed by atoms with van der Waals surface area (Å²) in [5.41, 5.74) is 5.03. The van der Waals surface area contributed by atoms with Gasteiger partial charge in [0, 0.05) is 23.8 Å². The first-order chi connectivity index (χ1) is 11.7. The molecule has 0 bridgehead atoms. The number of thiazole rings is 1. The largest absolute Gasteiger partial charge is 0.343 e. The molecule has 1 fully saturated rings. The van der Waals surface area contributed by atoms with Gasteiger partial charge in [-0.2, -0.15) is 0 Å². The Bertz CT molecular complexity index is 825. The van der Waals surface area contributed by atoms with E-state index in [-0.39, 0.29) is 0 Å². The van der Waals surface area contributed by atoms with Gasteiger partial charge in [0.2, 0.25) is 0 Å². The van der Waals surface area contributed by atoms with Crippen molar-refractivity contribution in [3.05, 3.63) is 46.1 Å². The summed E-state index contributed by atoms with van der Waals surface area (Å²) in [7, 11) is 0. The van der Waals surface area contributed by atoms with Crippen LogP contribution in [0.3, 0.4) is 0 Å². The molecule has 1 atom stereocenters. The van der Waals surface area contributed by atoms with Crippen molar-refractivity contribution in [1.29, 1.82) is 0 Å². The van der Waals surface area contributed by atoms with Crippen molar-refractivity contribution in [2.24, 2.45) is 0 Å². The quantitative estimate of drug-likeness (QED) is 0.789. The Morgan fingerprint density at radius 1 is 1.29 bits per heavy atom. The molecular weight excluding hydrogens is 320 g/mol. The molecular formula is C17H20N6S. The predicted molar refractivity (Wildman–Crippen MR) is 93.6 cm³/mol. The maximum absolute atomic E-state index is 4.72. The van der Waals surface area contributed by atoms with Gasteiger partial charge < -0.3 is 4.98 Å². The molecule has 0 radical (unpaired) electrons. The number of H-pyrrole nitrogens is 1. The van der Waals surface area contributed by atoms with E-state index in [1.807, 2.05) is 18.6 Å². The molecule has 4 heterocycles. The molecule has 0 amide bonds. The van der Waals surface area contributed by atoms with Gasteiger partial charge in [-0.05, 0) is 39.3 Å². The molecule has 6 nitrogen and oxygen atoms in total. The Balaban J connectivity index is 1.63. The van der Waals surface area contributed by atoms with Crippen LogP contribution in [-0.2, 0) is 6.54 Å². The lowest BCUT2D eigenvalue weighted by atomic mass is 10.1. The number of likely N-dealkylation sites (tertiary alicyclic amines) is 1. The van der Waals surface area contributed by atoms with Crippen molar-refractivity contribution in [1.82, 2.24) is 29.8 Å².